The highest BCUT2D eigenvalue weighted by atomic mass is 16.5. The fourth-order valence-corrected chi connectivity index (χ4v) is 3.98. The average molecular weight is 401 g/mol. The van der Waals surface area contributed by atoms with E-state index in [1.807, 2.05) is 32.2 Å². The maximum absolute atomic E-state index is 12.7. The van der Waals surface area contributed by atoms with Crippen LogP contribution in [0.1, 0.15) is 22.5 Å². The summed E-state index contributed by atoms with van der Waals surface area (Å²) in [7, 11) is 2.04. The second-order valence-corrected chi connectivity index (χ2v) is 7.62. The van der Waals surface area contributed by atoms with Gasteiger partial charge >= 0.3 is 0 Å². The van der Waals surface area contributed by atoms with E-state index in [1.54, 1.807) is 23.0 Å². The van der Waals surface area contributed by atoms with Gasteiger partial charge in [-0.2, -0.15) is 0 Å². The monoisotopic (exact) mass is 401 g/mol. The summed E-state index contributed by atoms with van der Waals surface area (Å²) in [5.41, 5.74) is 5.26. The first kappa shape index (κ1) is 18.6. The number of rotatable bonds is 4. The Morgan fingerprint density at radius 3 is 2.90 bits per heavy atom. The quantitative estimate of drug-likeness (QED) is 0.569. The predicted octanol–water partition coefficient (Wildman–Crippen LogP) is 2.65. The molecule has 0 fully saturated rings. The summed E-state index contributed by atoms with van der Waals surface area (Å²) >= 11 is 0. The average Bonchev–Trinajstić information content (AvgIpc) is 3.05. The molecule has 0 amide bonds. The van der Waals surface area contributed by atoms with Gasteiger partial charge in [0.25, 0.3) is 5.56 Å². The van der Waals surface area contributed by atoms with E-state index in [9.17, 15) is 4.79 Å². The minimum atomic E-state index is -0.179. The molecule has 0 bridgehead atoms. The lowest BCUT2D eigenvalue weighted by atomic mass is 10.1. The van der Waals surface area contributed by atoms with Crippen molar-refractivity contribution in [3.8, 4) is 11.6 Å². The minimum Gasteiger partial charge on any atom is -0.489 e. The molecule has 1 N–H and O–H groups in total. The summed E-state index contributed by atoms with van der Waals surface area (Å²) < 4.78 is 9.45. The molecule has 7 nitrogen and oxygen atoms in total. The van der Waals surface area contributed by atoms with Crippen molar-refractivity contribution in [2.45, 2.75) is 26.5 Å². The largest absolute Gasteiger partial charge is 0.489 e. The molecule has 0 aliphatic carbocycles. The number of aryl methyl sites for hydroxylation is 2. The van der Waals surface area contributed by atoms with Gasteiger partial charge < -0.3 is 14.6 Å². The van der Waals surface area contributed by atoms with E-state index in [2.05, 4.69) is 20.9 Å². The molecule has 0 atom stereocenters. The zero-order chi connectivity index (χ0) is 20.7. The van der Waals surface area contributed by atoms with Crippen LogP contribution in [0.15, 0.2) is 53.6 Å². The lowest BCUT2D eigenvalue weighted by molar-refractivity contribution is 0.304. The first-order chi connectivity index (χ1) is 14.6. The number of hydrogen-bond acceptors (Lipinski definition) is 5. The number of ether oxygens (including phenoxy) is 1. The number of nitrogens with one attached hydrogen (secondary N) is 1. The number of aromatic nitrogens is 4. The summed E-state index contributed by atoms with van der Waals surface area (Å²) in [6.45, 7) is 4.14. The van der Waals surface area contributed by atoms with Crippen LogP contribution in [0.4, 0.5) is 0 Å². The molecule has 152 valence electrons. The van der Waals surface area contributed by atoms with Gasteiger partial charge in [-0.15, -0.1) is 0 Å². The van der Waals surface area contributed by atoms with Crippen molar-refractivity contribution in [1.29, 1.82) is 0 Å². The van der Waals surface area contributed by atoms with Crippen LogP contribution in [-0.2, 0) is 26.6 Å². The Balaban J connectivity index is 1.43. The van der Waals surface area contributed by atoms with Gasteiger partial charge in [0.05, 0.1) is 0 Å². The second kappa shape index (κ2) is 7.42. The van der Waals surface area contributed by atoms with Gasteiger partial charge in [0.2, 0.25) is 0 Å². The standard InChI is InChI=1S/C23H23N5O2/c1-15-3-4-16(12-25-15)14-30-17-8-10-28(22(29)11-17)21-6-5-18-19-13-24-9-7-20(19)27(2)23(18)26-21/h3-6,8,10-12,24H,7,9,13-14H2,1-2H3. The molecule has 4 aromatic heterocycles. The Morgan fingerprint density at radius 1 is 1.20 bits per heavy atom. The fraction of sp³-hybridized carbons (Fsp3) is 0.261. The Hall–Kier alpha value is -3.45. The Kier molecular flexibility index (Phi) is 4.59. The van der Waals surface area contributed by atoms with Gasteiger partial charge in [-0.1, -0.05) is 6.07 Å². The van der Waals surface area contributed by atoms with Crippen molar-refractivity contribution in [3.63, 3.8) is 0 Å². The van der Waals surface area contributed by atoms with Crippen molar-refractivity contribution < 1.29 is 4.74 Å². The van der Waals surface area contributed by atoms with Crippen molar-refractivity contribution >= 4 is 11.0 Å². The third-order valence-electron chi connectivity index (χ3n) is 5.61. The van der Waals surface area contributed by atoms with E-state index in [4.69, 9.17) is 9.72 Å². The van der Waals surface area contributed by atoms with Crippen LogP contribution in [-0.4, -0.2) is 25.6 Å². The van der Waals surface area contributed by atoms with Gasteiger partial charge in [0.1, 0.15) is 23.8 Å². The molecule has 0 spiro atoms. The zero-order valence-electron chi connectivity index (χ0n) is 17.1. The Labute approximate surface area is 174 Å². The number of fused-ring (bicyclic) bond motifs is 3. The highest BCUT2D eigenvalue weighted by Crippen LogP contribution is 2.27. The van der Waals surface area contributed by atoms with Crippen LogP contribution in [0.5, 0.6) is 5.75 Å². The fourth-order valence-electron chi connectivity index (χ4n) is 3.98. The van der Waals surface area contributed by atoms with Crippen molar-refractivity contribution in [2.24, 2.45) is 7.05 Å². The molecular weight excluding hydrogens is 378 g/mol. The summed E-state index contributed by atoms with van der Waals surface area (Å²) in [5.74, 6) is 1.13. The lowest BCUT2D eigenvalue weighted by Gasteiger charge is -2.14. The number of pyridine rings is 3. The van der Waals surface area contributed by atoms with Crippen molar-refractivity contribution in [2.75, 3.05) is 6.54 Å². The Bertz CT molecular complexity index is 1290. The third-order valence-corrected chi connectivity index (χ3v) is 5.61. The van der Waals surface area contributed by atoms with Crippen LogP contribution in [0.3, 0.4) is 0 Å². The highest BCUT2D eigenvalue weighted by molar-refractivity contribution is 5.83. The van der Waals surface area contributed by atoms with Crippen LogP contribution in [0, 0.1) is 6.92 Å². The van der Waals surface area contributed by atoms with Gasteiger partial charge in [-0.05, 0) is 36.8 Å². The second-order valence-electron chi connectivity index (χ2n) is 7.62. The van der Waals surface area contributed by atoms with Gasteiger partial charge in [-0.3, -0.25) is 14.3 Å². The zero-order valence-corrected chi connectivity index (χ0v) is 17.1. The van der Waals surface area contributed by atoms with Gasteiger partial charge in [0, 0.05) is 67.4 Å². The molecule has 5 heterocycles. The van der Waals surface area contributed by atoms with Crippen LogP contribution >= 0.6 is 0 Å². The summed E-state index contributed by atoms with van der Waals surface area (Å²) in [6, 6.07) is 11.2. The first-order valence-electron chi connectivity index (χ1n) is 10.1. The van der Waals surface area contributed by atoms with E-state index < -0.39 is 0 Å². The molecule has 0 saturated heterocycles. The van der Waals surface area contributed by atoms with Crippen molar-refractivity contribution in [3.05, 3.63) is 81.7 Å². The minimum absolute atomic E-state index is 0.179. The maximum Gasteiger partial charge on any atom is 0.259 e. The molecule has 4 aromatic rings. The topological polar surface area (TPSA) is 74.0 Å². The molecule has 1 aliphatic rings. The normalized spacial score (nSPS) is 13.4. The third kappa shape index (κ3) is 3.27. The van der Waals surface area contributed by atoms with E-state index >= 15 is 0 Å². The molecular formula is C23H23N5O2. The van der Waals surface area contributed by atoms with Crippen molar-refractivity contribution in [1.82, 2.24) is 24.4 Å². The molecule has 1 aliphatic heterocycles. The van der Waals surface area contributed by atoms with E-state index in [0.717, 1.165) is 41.8 Å². The first-order valence-corrected chi connectivity index (χ1v) is 10.1. The molecule has 0 aromatic carbocycles. The summed E-state index contributed by atoms with van der Waals surface area (Å²) in [5, 5.41) is 4.56. The highest BCUT2D eigenvalue weighted by Gasteiger charge is 2.19. The predicted molar refractivity (Wildman–Crippen MR) is 115 cm³/mol. The van der Waals surface area contributed by atoms with E-state index in [1.165, 1.54) is 17.3 Å². The van der Waals surface area contributed by atoms with Gasteiger partial charge in [0.15, 0.2) is 0 Å². The number of nitrogens with zero attached hydrogens (tertiary/aromatic N) is 4. The van der Waals surface area contributed by atoms with Crippen LogP contribution < -0.4 is 15.6 Å². The molecule has 0 saturated carbocycles. The molecule has 0 radical (unpaired) electrons. The summed E-state index contributed by atoms with van der Waals surface area (Å²) in [6.07, 6.45) is 4.48. The maximum atomic E-state index is 12.7. The lowest BCUT2D eigenvalue weighted by Crippen LogP contribution is -2.24. The van der Waals surface area contributed by atoms with Crippen LogP contribution in [0.2, 0.25) is 0 Å². The Morgan fingerprint density at radius 2 is 2.10 bits per heavy atom. The molecule has 5 rings (SSSR count). The van der Waals surface area contributed by atoms with E-state index in [-0.39, 0.29) is 5.56 Å². The smallest absolute Gasteiger partial charge is 0.259 e. The number of hydrogen-bond donors (Lipinski definition) is 1. The molecule has 30 heavy (non-hydrogen) atoms. The molecule has 7 heteroatoms. The summed E-state index contributed by atoms with van der Waals surface area (Å²) in [4.78, 5) is 21.8. The van der Waals surface area contributed by atoms with Crippen LogP contribution in [0.25, 0.3) is 16.9 Å². The SMILES string of the molecule is Cc1ccc(COc2ccn(-c3ccc4c5c(n(C)c4n3)CCNC5)c(=O)c2)cn1. The van der Waals surface area contributed by atoms with E-state index in [0.29, 0.717) is 18.2 Å². The molecule has 0 unspecified atom stereocenters. The van der Waals surface area contributed by atoms with Gasteiger partial charge in [-0.25, -0.2) is 4.98 Å².